The molecule has 0 unspecified atom stereocenters. The number of benzene rings is 2. The maximum absolute atomic E-state index is 5.66. The third kappa shape index (κ3) is 4.84. The van der Waals surface area contributed by atoms with E-state index in [1.54, 1.807) is 13.4 Å². The fourth-order valence-corrected chi connectivity index (χ4v) is 2.69. The van der Waals surface area contributed by atoms with Gasteiger partial charge in [-0.15, -0.1) is 10.2 Å². The highest BCUT2D eigenvalue weighted by Gasteiger charge is 2.08. The number of aliphatic imine (C=N–C) groups is 1. The van der Waals surface area contributed by atoms with Crippen LogP contribution in [0.25, 0.3) is 5.69 Å². The van der Waals surface area contributed by atoms with Gasteiger partial charge in [0.2, 0.25) is 0 Å². The number of hydrogen-bond acceptors (Lipinski definition) is 4. The Morgan fingerprint density at radius 3 is 2.56 bits per heavy atom. The molecule has 0 aliphatic heterocycles. The van der Waals surface area contributed by atoms with Crippen LogP contribution in [0.4, 0.5) is 0 Å². The van der Waals surface area contributed by atoms with E-state index < -0.39 is 0 Å². The van der Waals surface area contributed by atoms with Crippen molar-refractivity contribution in [2.45, 2.75) is 20.0 Å². The molecule has 7 heteroatoms. The Morgan fingerprint density at radius 2 is 1.78 bits per heavy atom. The molecule has 0 bridgehead atoms. The number of ether oxygens (including phenoxy) is 1. The minimum absolute atomic E-state index is 0.502. The molecule has 2 aromatic carbocycles. The molecule has 3 rings (SSSR count). The van der Waals surface area contributed by atoms with E-state index >= 15 is 0 Å². The largest absolute Gasteiger partial charge is 0.494 e. The van der Waals surface area contributed by atoms with E-state index in [0.717, 1.165) is 22.8 Å². The molecule has 1 heterocycles. The van der Waals surface area contributed by atoms with Gasteiger partial charge in [0.1, 0.15) is 12.1 Å². The lowest BCUT2D eigenvalue weighted by molar-refractivity contribution is 0.336. The van der Waals surface area contributed by atoms with E-state index in [1.165, 1.54) is 0 Å². The molecule has 1 aromatic heterocycles. The number of guanidine groups is 1. The van der Waals surface area contributed by atoms with Crippen LogP contribution in [-0.2, 0) is 13.1 Å². The third-order valence-electron chi connectivity index (χ3n) is 4.01. The van der Waals surface area contributed by atoms with E-state index in [-0.39, 0.29) is 0 Å². The summed E-state index contributed by atoms with van der Waals surface area (Å²) in [7, 11) is 1.74. The van der Waals surface area contributed by atoms with Crippen LogP contribution in [0.3, 0.4) is 0 Å². The summed E-state index contributed by atoms with van der Waals surface area (Å²) in [5, 5.41) is 14.8. The molecule has 140 valence electrons. The van der Waals surface area contributed by atoms with Crippen LogP contribution < -0.4 is 15.4 Å². The number of nitrogens with one attached hydrogen (secondary N) is 2. The molecular weight excluding hydrogens is 340 g/mol. The van der Waals surface area contributed by atoms with E-state index in [9.17, 15) is 0 Å². The SMILES string of the molecule is CCOc1ccccc1CNC(=NC)NCc1nncn1-c1ccccc1. The van der Waals surface area contributed by atoms with Gasteiger partial charge in [-0.3, -0.25) is 9.56 Å². The number of hydrogen-bond donors (Lipinski definition) is 2. The third-order valence-corrected chi connectivity index (χ3v) is 4.01. The monoisotopic (exact) mass is 364 g/mol. The van der Waals surface area contributed by atoms with Crippen molar-refractivity contribution >= 4 is 5.96 Å². The summed E-state index contributed by atoms with van der Waals surface area (Å²) in [6.07, 6.45) is 1.71. The Kier molecular flexibility index (Phi) is 6.40. The normalized spacial score (nSPS) is 11.3. The summed E-state index contributed by atoms with van der Waals surface area (Å²) in [6, 6.07) is 18.0. The van der Waals surface area contributed by atoms with Crippen LogP contribution in [0.15, 0.2) is 65.9 Å². The zero-order valence-electron chi connectivity index (χ0n) is 15.6. The van der Waals surface area contributed by atoms with Gasteiger partial charge < -0.3 is 15.4 Å². The first-order chi connectivity index (χ1) is 13.3. The second kappa shape index (κ2) is 9.38. The fraction of sp³-hybridized carbons (Fsp3) is 0.250. The highest BCUT2D eigenvalue weighted by atomic mass is 16.5. The molecule has 2 N–H and O–H groups in total. The van der Waals surface area contributed by atoms with Gasteiger partial charge in [0.25, 0.3) is 0 Å². The Morgan fingerprint density at radius 1 is 1.04 bits per heavy atom. The van der Waals surface area contributed by atoms with Crippen LogP contribution in [0, 0.1) is 0 Å². The number of rotatable bonds is 7. The van der Waals surface area contributed by atoms with Gasteiger partial charge in [-0.2, -0.15) is 0 Å². The van der Waals surface area contributed by atoms with Crippen LogP contribution in [0.5, 0.6) is 5.75 Å². The number of aromatic nitrogens is 3. The zero-order chi connectivity index (χ0) is 18.9. The maximum atomic E-state index is 5.66. The van der Waals surface area contributed by atoms with Gasteiger partial charge in [-0.05, 0) is 25.1 Å². The van der Waals surface area contributed by atoms with Gasteiger partial charge in [-0.25, -0.2) is 0 Å². The van der Waals surface area contributed by atoms with Crippen LogP contribution in [0.2, 0.25) is 0 Å². The van der Waals surface area contributed by atoms with Crippen molar-refractivity contribution < 1.29 is 4.74 Å². The lowest BCUT2D eigenvalue weighted by Crippen LogP contribution is -2.37. The van der Waals surface area contributed by atoms with Gasteiger partial charge in [0.05, 0.1) is 13.2 Å². The van der Waals surface area contributed by atoms with Crippen molar-refractivity contribution in [1.29, 1.82) is 0 Å². The maximum Gasteiger partial charge on any atom is 0.191 e. The Bertz CT molecular complexity index is 875. The molecule has 3 aromatic rings. The highest BCUT2D eigenvalue weighted by molar-refractivity contribution is 5.79. The fourth-order valence-electron chi connectivity index (χ4n) is 2.69. The van der Waals surface area contributed by atoms with Gasteiger partial charge in [0.15, 0.2) is 11.8 Å². The number of para-hydroxylation sites is 2. The number of nitrogens with zero attached hydrogens (tertiary/aromatic N) is 4. The summed E-state index contributed by atoms with van der Waals surface area (Å²) >= 11 is 0. The van der Waals surface area contributed by atoms with Crippen molar-refractivity contribution in [2.24, 2.45) is 4.99 Å². The standard InChI is InChI=1S/C20H24N6O/c1-3-27-18-12-8-7-9-16(18)13-22-20(21-2)23-14-19-25-24-15-26(19)17-10-5-4-6-11-17/h4-12,15H,3,13-14H2,1-2H3,(H2,21,22,23). The minimum Gasteiger partial charge on any atom is -0.494 e. The minimum atomic E-state index is 0.502. The summed E-state index contributed by atoms with van der Waals surface area (Å²) in [5.41, 5.74) is 2.10. The zero-order valence-corrected chi connectivity index (χ0v) is 15.6. The summed E-state index contributed by atoms with van der Waals surface area (Å²) in [4.78, 5) is 4.28. The van der Waals surface area contributed by atoms with Crippen molar-refractivity contribution in [3.63, 3.8) is 0 Å². The average Bonchev–Trinajstić information content (AvgIpc) is 3.19. The molecule has 0 aliphatic carbocycles. The van der Waals surface area contributed by atoms with Crippen molar-refractivity contribution in [2.75, 3.05) is 13.7 Å². The van der Waals surface area contributed by atoms with Crippen molar-refractivity contribution in [3.05, 3.63) is 72.3 Å². The van der Waals surface area contributed by atoms with Crippen LogP contribution in [0.1, 0.15) is 18.3 Å². The molecule has 0 amide bonds. The lowest BCUT2D eigenvalue weighted by atomic mass is 10.2. The van der Waals surface area contributed by atoms with E-state index in [0.29, 0.717) is 25.7 Å². The summed E-state index contributed by atoms with van der Waals surface area (Å²) < 4.78 is 7.61. The smallest absolute Gasteiger partial charge is 0.191 e. The summed E-state index contributed by atoms with van der Waals surface area (Å²) in [5.74, 6) is 2.37. The lowest BCUT2D eigenvalue weighted by Gasteiger charge is -2.14. The van der Waals surface area contributed by atoms with Crippen LogP contribution >= 0.6 is 0 Å². The van der Waals surface area contributed by atoms with E-state index in [1.807, 2.05) is 66.1 Å². The predicted molar refractivity (Wildman–Crippen MR) is 106 cm³/mol. The second-order valence-electron chi connectivity index (χ2n) is 5.77. The first-order valence-electron chi connectivity index (χ1n) is 8.91. The molecule has 0 fully saturated rings. The highest BCUT2D eigenvalue weighted by Crippen LogP contribution is 2.17. The van der Waals surface area contributed by atoms with Crippen LogP contribution in [-0.4, -0.2) is 34.4 Å². The van der Waals surface area contributed by atoms with E-state index in [2.05, 4.69) is 25.8 Å². The Hall–Kier alpha value is -3.35. The molecule has 27 heavy (non-hydrogen) atoms. The van der Waals surface area contributed by atoms with Gasteiger partial charge in [0, 0.05) is 24.8 Å². The molecule has 0 aliphatic rings. The van der Waals surface area contributed by atoms with Gasteiger partial charge in [-0.1, -0.05) is 36.4 Å². The topological polar surface area (TPSA) is 76.4 Å². The molecule has 0 radical (unpaired) electrons. The molecule has 0 saturated carbocycles. The quantitative estimate of drug-likeness (QED) is 0.498. The van der Waals surface area contributed by atoms with Crippen molar-refractivity contribution in [1.82, 2.24) is 25.4 Å². The molecule has 0 saturated heterocycles. The van der Waals surface area contributed by atoms with E-state index in [4.69, 9.17) is 4.74 Å². The second-order valence-corrected chi connectivity index (χ2v) is 5.77. The molecule has 0 spiro atoms. The van der Waals surface area contributed by atoms with Crippen molar-refractivity contribution in [3.8, 4) is 11.4 Å². The molecular formula is C20H24N6O. The predicted octanol–water partition coefficient (Wildman–Crippen LogP) is 2.53. The molecule has 7 nitrogen and oxygen atoms in total. The van der Waals surface area contributed by atoms with Gasteiger partial charge >= 0.3 is 0 Å². The average molecular weight is 364 g/mol. The Balaban J connectivity index is 1.61. The molecule has 0 atom stereocenters. The Labute approximate surface area is 159 Å². The first-order valence-corrected chi connectivity index (χ1v) is 8.91. The first kappa shape index (κ1) is 18.4. The summed E-state index contributed by atoms with van der Waals surface area (Å²) in [6.45, 7) is 3.73.